The molecule has 5 heteroatoms. The van der Waals surface area contributed by atoms with Crippen molar-refractivity contribution in [3.63, 3.8) is 0 Å². The number of ether oxygens (including phenoxy) is 1. The molecule has 0 amide bonds. The average Bonchev–Trinajstić information content (AvgIpc) is 2.97. The van der Waals surface area contributed by atoms with Gasteiger partial charge in [0.15, 0.2) is 0 Å². The Bertz CT molecular complexity index is 530. The van der Waals surface area contributed by atoms with Gasteiger partial charge in [-0.25, -0.2) is 0 Å². The van der Waals surface area contributed by atoms with E-state index in [-0.39, 0.29) is 6.54 Å². The zero-order valence-electron chi connectivity index (χ0n) is 10.7. The second kappa shape index (κ2) is 5.50. The van der Waals surface area contributed by atoms with E-state index in [9.17, 15) is 0 Å². The quantitative estimate of drug-likeness (QED) is 0.913. The van der Waals surface area contributed by atoms with E-state index in [4.69, 9.17) is 15.0 Å². The fourth-order valence-electron chi connectivity index (χ4n) is 2.39. The first-order chi connectivity index (χ1) is 9.36. The molecule has 0 aliphatic carbocycles. The highest BCUT2D eigenvalue weighted by Gasteiger charge is 2.16. The van der Waals surface area contributed by atoms with E-state index in [2.05, 4.69) is 22.3 Å². The molecule has 0 unspecified atom stereocenters. The summed E-state index contributed by atoms with van der Waals surface area (Å²) in [6.45, 7) is 1.99. The lowest BCUT2D eigenvalue weighted by Gasteiger charge is -2.22. The zero-order valence-corrected chi connectivity index (χ0v) is 10.7. The Morgan fingerprint density at radius 1 is 1.16 bits per heavy atom. The summed E-state index contributed by atoms with van der Waals surface area (Å²) in [5.74, 6) is 1.66. The van der Waals surface area contributed by atoms with E-state index in [0.29, 0.717) is 17.6 Å². The Balaban J connectivity index is 1.78. The summed E-state index contributed by atoms with van der Waals surface area (Å²) in [5, 5.41) is 3.91. The summed E-state index contributed by atoms with van der Waals surface area (Å²) < 4.78 is 10.4. The molecule has 2 aromatic rings. The van der Waals surface area contributed by atoms with Crippen molar-refractivity contribution in [3.8, 4) is 11.4 Å². The van der Waals surface area contributed by atoms with Gasteiger partial charge in [-0.2, -0.15) is 4.98 Å². The molecule has 0 atom stereocenters. The van der Waals surface area contributed by atoms with Crippen molar-refractivity contribution in [3.05, 3.63) is 35.7 Å². The van der Waals surface area contributed by atoms with Crippen LogP contribution in [0.5, 0.6) is 0 Å². The molecule has 2 heterocycles. The summed E-state index contributed by atoms with van der Waals surface area (Å²) >= 11 is 0. The van der Waals surface area contributed by atoms with Gasteiger partial charge in [0.1, 0.15) is 0 Å². The van der Waals surface area contributed by atoms with Gasteiger partial charge in [-0.3, -0.25) is 0 Å². The molecular weight excluding hydrogens is 242 g/mol. The van der Waals surface area contributed by atoms with Crippen LogP contribution in [0.1, 0.15) is 30.2 Å². The third kappa shape index (κ3) is 2.67. The Kier molecular flexibility index (Phi) is 3.57. The van der Waals surface area contributed by atoms with Gasteiger partial charge in [0.05, 0.1) is 6.54 Å². The van der Waals surface area contributed by atoms with E-state index < -0.39 is 0 Å². The van der Waals surface area contributed by atoms with Crippen LogP contribution in [-0.2, 0) is 11.3 Å². The SMILES string of the molecule is NCc1nc(-c2ccc(C3CCOCC3)cc2)no1. The Labute approximate surface area is 111 Å². The van der Waals surface area contributed by atoms with Gasteiger partial charge < -0.3 is 15.0 Å². The lowest BCUT2D eigenvalue weighted by molar-refractivity contribution is 0.0853. The van der Waals surface area contributed by atoms with Crippen molar-refractivity contribution < 1.29 is 9.26 Å². The molecular formula is C14H17N3O2. The normalized spacial score (nSPS) is 16.7. The molecule has 5 nitrogen and oxygen atoms in total. The fourth-order valence-corrected chi connectivity index (χ4v) is 2.39. The summed E-state index contributed by atoms with van der Waals surface area (Å²) in [6.07, 6.45) is 2.19. The van der Waals surface area contributed by atoms with Crippen molar-refractivity contribution in [2.45, 2.75) is 25.3 Å². The Morgan fingerprint density at radius 3 is 2.53 bits per heavy atom. The monoisotopic (exact) mass is 259 g/mol. The minimum atomic E-state index is 0.271. The second-order valence-corrected chi connectivity index (χ2v) is 4.72. The molecule has 2 N–H and O–H groups in total. The average molecular weight is 259 g/mol. The number of aromatic nitrogens is 2. The predicted molar refractivity (Wildman–Crippen MR) is 70.4 cm³/mol. The number of hydrogen-bond donors (Lipinski definition) is 1. The van der Waals surface area contributed by atoms with E-state index in [1.54, 1.807) is 0 Å². The first-order valence-corrected chi connectivity index (χ1v) is 6.57. The van der Waals surface area contributed by atoms with Crippen LogP contribution in [0.4, 0.5) is 0 Å². The van der Waals surface area contributed by atoms with Gasteiger partial charge in [0.25, 0.3) is 0 Å². The largest absolute Gasteiger partial charge is 0.381 e. The van der Waals surface area contributed by atoms with E-state index in [0.717, 1.165) is 31.6 Å². The van der Waals surface area contributed by atoms with Crippen LogP contribution in [-0.4, -0.2) is 23.4 Å². The van der Waals surface area contributed by atoms with Crippen LogP contribution in [0.15, 0.2) is 28.8 Å². The molecule has 3 rings (SSSR count). The van der Waals surface area contributed by atoms with Crippen LogP contribution in [0.25, 0.3) is 11.4 Å². The summed E-state index contributed by atoms with van der Waals surface area (Å²) in [6, 6.07) is 8.36. The van der Waals surface area contributed by atoms with Crippen molar-refractivity contribution in [2.24, 2.45) is 5.73 Å². The lowest BCUT2D eigenvalue weighted by atomic mass is 9.91. The maximum atomic E-state index is 5.45. The molecule has 1 aromatic heterocycles. The number of rotatable bonds is 3. The van der Waals surface area contributed by atoms with Gasteiger partial charge in [-0.15, -0.1) is 0 Å². The van der Waals surface area contributed by atoms with Crippen LogP contribution in [0.2, 0.25) is 0 Å². The number of nitrogens with two attached hydrogens (primary N) is 1. The summed E-state index contributed by atoms with van der Waals surface area (Å²) in [5.41, 5.74) is 7.77. The molecule has 1 aliphatic heterocycles. The third-order valence-electron chi connectivity index (χ3n) is 3.50. The van der Waals surface area contributed by atoms with Crippen LogP contribution < -0.4 is 5.73 Å². The number of hydrogen-bond acceptors (Lipinski definition) is 5. The standard InChI is InChI=1S/C14H17N3O2/c15-9-13-16-14(17-19-13)12-3-1-10(2-4-12)11-5-7-18-8-6-11/h1-4,11H,5-9,15H2. The lowest BCUT2D eigenvalue weighted by Crippen LogP contribution is -2.13. The van der Waals surface area contributed by atoms with Crippen molar-refractivity contribution in [2.75, 3.05) is 13.2 Å². The highest BCUT2D eigenvalue weighted by Crippen LogP contribution is 2.28. The molecule has 100 valence electrons. The molecule has 1 aliphatic rings. The highest BCUT2D eigenvalue weighted by molar-refractivity contribution is 5.54. The van der Waals surface area contributed by atoms with Gasteiger partial charge in [0, 0.05) is 18.8 Å². The molecule has 0 spiro atoms. The van der Waals surface area contributed by atoms with Gasteiger partial charge in [-0.1, -0.05) is 29.4 Å². The van der Waals surface area contributed by atoms with E-state index in [1.165, 1.54) is 5.56 Å². The minimum Gasteiger partial charge on any atom is -0.381 e. The summed E-state index contributed by atoms with van der Waals surface area (Å²) in [7, 11) is 0. The number of benzene rings is 1. The van der Waals surface area contributed by atoms with E-state index >= 15 is 0 Å². The molecule has 1 fully saturated rings. The Hall–Kier alpha value is -1.72. The molecule has 1 saturated heterocycles. The third-order valence-corrected chi connectivity index (χ3v) is 3.50. The first-order valence-electron chi connectivity index (χ1n) is 6.57. The number of nitrogens with zero attached hydrogens (tertiary/aromatic N) is 2. The topological polar surface area (TPSA) is 74.2 Å². The smallest absolute Gasteiger partial charge is 0.240 e. The van der Waals surface area contributed by atoms with Crippen LogP contribution >= 0.6 is 0 Å². The molecule has 0 radical (unpaired) electrons. The Morgan fingerprint density at radius 2 is 1.89 bits per heavy atom. The predicted octanol–water partition coefficient (Wildman–Crippen LogP) is 2.09. The van der Waals surface area contributed by atoms with Crippen molar-refractivity contribution in [1.29, 1.82) is 0 Å². The molecule has 0 bridgehead atoms. The molecule has 0 saturated carbocycles. The molecule has 1 aromatic carbocycles. The zero-order chi connectivity index (χ0) is 13.1. The fraction of sp³-hybridized carbons (Fsp3) is 0.429. The van der Waals surface area contributed by atoms with E-state index in [1.807, 2.05) is 12.1 Å². The minimum absolute atomic E-state index is 0.271. The summed E-state index contributed by atoms with van der Waals surface area (Å²) in [4.78, 5) is 4.22. The maximum absolute atomic E-state index is 5.45. The van der Waals surface area contributed by atoms with Gasteiger partial charge in [0.2, 0.25) is 11.7 Å². The first kappa shape index (κ1) is 12.3. The van der Waals surface area contributed by atoms with Crippen molar-refractivity contribution in [1.82, 2.24) is 10.1 Å². The highest BCUT2D eigenvalue weighted by atomic mass is 16.5. The van der Waals surface area contributed by atoms with Crippen LogP contribution in [0.3, 0.4) is 0 Å². The van der Waals surface area contributed by atoms with Gasteiger partial charge in [-0.05, 0) is 24.3 Å². The van der Waals surface area contributed by atoms with Gasteiger partial charge >= 0.3 is 0 Å². The second-order valence-electron chi connectivity index (χ2n) is 4.72. The maximum Gasteiger partial charge on any atom is 0.240 e. The van der Waals surface area contributed by atoms with Crippen LogP contribution in [0, 0.1) is 0 Å². The molecule has 19 heavy (non-hydrogen) atoms. The van der Waals surface area contributed by atoms with Crippen molar-refractivity contribution >= 4 is 0 Å².